The van der Waals surface area contributed by atoms with E-state index in [-0.39, 0.29) is 5.41 Å². The molecule has 0 radical (unpaired) electrons. The van der Waals surface area contributed by atoms with Crippen LogP contribution in [-0.2, 0) is 11.8 Å². The Morgan fingerprint density at radius 1 is 1.10 bits per heavy atom. The number of amides is 2. The molecule has 6 nitrogen and oxygen atoms in total. The van der Waals surface area contributed by atoms with Gasteiger partial charge in [0.15, 0.2) is 11.6 Å². The Balaban J connectivity index is 1.66. The molecule has 0 spiro atoms. The maximum atomic E-state index is 13.9. The number of hydrogen-bond donors (Lipinski definition) is 3. The monoisotopic (exact) mass is 429 g/mol. The van der Waals surface area contributed by atoms with Gasteiger partial charge < -0.3 is 10.6 Å². The van der Waals surface area contributed by atoms with Crippen molar-refractivity contribution in [2.75, 3.05) is 22.5 Å². The number of carbonyl (C=O) groups is 1. The van der Waals surface area contributed by atoms with Crippen molar-refractivity contribution in [2.24, 2.45) is 0 Å². The van der Waals surface area contributed by atoms with Gasteiger partial charge in [0.2, 0.25) is 0 Å². The first kappa shape index (κ1) is 20.8. The molecule has 0 bridgehead atoms. The zero-order valence-electron chi connectivity index (χ0n) is 17.3. The molecular weight excluding hydrogens is 407 g/mol. The summed E-state index contributed by atoms with van der Waals surface area (Å²) in [6.07, 6.45) is 0.879. The Labute approximate surface area is 177 Å². The Morgan fingerprint density at radius 3 is 2.61 bits per heavy atom. The van der Waals surface area contributed by atoms with E-state index in [4.69, 9.17) is 0 Å². The zero-order valence-corrected chi connectivity index (χ0v) is 17.3. The largest absolute Gasteiger partial charge is 0.384 e. The lowest BCUT2D eigenvalue weighted by molar-refractivity contribution is 0.262. The molecular formula is C22H22F3N5O. The summed E-state index contributed by atoms with van der Waals surface area (Å²) in [4.78, 5) is 12.5. The van der Waals surface area contributed by atoms with Crippen molar-refractivity contribution in [1.29, 1.82) is 0 Å². The number of nitrogens with one attached hydrogen (secondary N) is 3. The molecule has 1 aromatic heterocycles. The molecule has 0 aliphatic carbocycles. The van der Waals surface area contributed by atoms with Gasteiger partial charge in [0.05, 0.1) is 17.1 Å². The molecule has 9 heteroatoms. The van der Waals surface area contributed by atoms with E-state index in [1.54, 1.807) is 10.7 Å². The minimum atomic E-state index is -1.39. The summed E-state index contributed by atoms with van der Waals surface area (Å²) in [6, 6.07) is 7.79. The molecule has 0 saturated carbocycles. The van der Waals surface area contributed by atoms with Gasteiger partial charge in [-0.15, -0.1) is 0 Å². The summed E-state index contributed by atoms with van der Waals surface area (Å²) >= 11 is 0. The Morgan fingerprint density at radius 2 is 1.87 bits per heavy atom. The molecule has 2 heterocycles. The third-order valence-corrected chi connectivity index (χ3v) is 5.00. The quantitative estimate of drug-likeness (QED) is 0.501. The van der Waals surface area contributed by atoms with Crippen LogP contribution in [0, 0.1) is 17.5 Å². The second-order valence-corrected chi connectivity index (χ2v) is 8.42. The molecule has 3 N–H and O–H groups in total. The number of nitrogens with zero attached hydrogens (tertiary/aromatic N) is 2. The summed E-state index contributed by atoms with van der Waals surface area (Å²) in [7, 11) is 0. The van der Waals surface area contributed by atoms with Gasteiger partial charge in [0.1, 0.15) is 11.6 Å². The summed E-state index contributed by atoms with van der Waals surface area (Å²) in [5, 5.41) is 12.7. The van der Waals surface area contributed by atoms with Crippen molar-refractivity contribution in [3.63, 3.8) is 0 Å². The highest BCUT2D eigenvalue weighted by Crippen LogP contribution is 2.30. The standard InChI is InChI=1S/C22H22F3N5O/c1-22(2,3)18-11-19(28-21(31)27-17-10-13(23)9-15(24)20(17)25)30(29-18)14-4-5-16-12(8-14)6-7-26-16/h4-5,8-11,26H,6-7H2,1-3H3,(H2,27,28,31). The molecule has 0 atom stereocenters. The minimum Gasteiger partial charge on any atom is -0.384 e. The van der Waals surface area contributed by atoms with E-state index in [9.17, 15) is 18.0 Å². The normalized spacial score (nSPS) is 13.0. The smallest absolute Gasteiger partial charge is 0.324 e. The van der Waals surface area contributed by atoms with Crippen molar-refractivity contribution in [3.05, 3.63) is 65.1 Å². The van der Waals surface area contributed by atoms with Gasteiger partial charge in [0.25, 0.3) is 0 Å². The van der Waals surface area contributed by atoms with Crippen LogP contribution in [0.4, 0.5) is 35.2 Å². The maximum absolute atomic E-state index is 13.9. The van der Waals surface area contributed by atoms with Crippen molar-refractivity contribution < 1.29 is 18.0 Å². The molecule has 0 fully saturated rings. The van der Waals surface area contributed by atoms with Crippen LogP contribution < -0.4 is 16.0 Å². The first-order valence-electron chi connectivity index (χ1n) is 9.82. The lowest BCUT2D eigenvalue weighted by Crippen LogP contribution is -2.22. The first-order valence-corrected chi connectivity index (χ1v) is 9.82. The summed E-state index contributed by atoms with van der Waals surface area (Å²) in [5.74, 6) is -3.39. The number of aromatic nitrogens is 2. The summed E-state index contributed by atoms with van der Waals surface area (Å²) < 4.78 is 42.3. The van der Waals surface area contributed by atoms with Gasteiger partial charge in [-0.1, -0.05) is 20.8 Å². The third-order valence-electron chi connectivity index (χ3n) is 5.00. The number of benzene rings is 2. The SMILES string of the molecule is CC(C)(C)c1cc(NC(=O)Nc2cc(F)cc(F)c2F)n(-c2ccc3c(c2)CCN3)n1. The van der Waals surface area contributed by atoms with Crippen LogP contribution in [0.5, 0.6) is 0 Å². The third kappa shape index (κ3) is 4.21. The number of halogens is 3. The van der Waals surface area contributed by atoms with E-state index in [0.29, 0.717) is 18.0 Å². The van der Waals surface area contributed by atoms with Gasteiger partial charge >= 0.3 is 6.03 Å². The van der Waals surface area contributed by atoms with Crippen molar-refractivity contribution in [2.45, 2.75) is 32.6 Å². The van der Waals surface area contributed by atoms with Crippen LogP contribution in [0.3, 0.4) is 0 Å². The first-order chi connectivity index (χ1) is 14.6. The Hall–Kier alpha value is -3.49. The molecule has 1 aliphatic rings. The van der Waals surface area contributed by atoms with Crippen molar-refractivity contribution in [3.8, 4) is 5.69 Å². The van der Waals surface area contributed by atoms with E-state index in [1.807, 2.05) is 39.0 Å². The number of fused-ring (bicyclic) bond motifs is 1. The van der Waals surface area contributed by atoms with Gasteiger partial charge in [-0.25, -0.2) is 22.6 Å². The van der Waals surface area contributed by atoms with E-state index in [1.165, 1.54) is 0 Å². The van der Waals surface area contributed by atoms with Crippen LogP contribution in [0.2, 0.25) is 0 Å². The fraction of sp³-hybridized carbons (Fsp3) is 0.273. The molecule has 0 unspecified atom stereocenters. The predicted molar refractivity (Wildman–Crippen MR) is 113 cm³/mol. The van der Waals surface area contributed by atoms with Crippen LogP contribution in [0.25, 0.3) is 5.69 Å². The van der Waals surface area contributed by atoms with Crippen LogP contribution in [0.15, 0.2) is 36.4 Å². The fourth-order valence-corrected chi connectivity index (χ4v) is 3.37. The molecule has 0 saturated heterocycles. The second kappa shape index (κ2) is 7.64. The van der Waals surface area contributed by atoms with Gasteiger partial charge in [-0.2, -0.15) is 5.10 Å². The highest BCUT2D eigenvalue weighted by atomic mass is 19.2. The van der Waals surface area contributed by atoms with Crippen LogP contribution in [0.1, 0.15) is 32.0 Å². The Kier molecular flexibility index (Phi) is 5.12. The molecule has 4 rings (SSSR count). The molecule has 162 valence electrons. The van der Waals surface area contributed by atoms with E-state index >= 15 is 0 Å². The average Bonchev–Trinajstić information content (AvgIpc) is 3.31. The molecule has 2 aromatic carbocycles. The fourth-order valence-electron chi connectivity index (χ4n) is 3.37. The zero-order chi connectivity index (χ0) is 22.3. The van der Waals surface area contributed by atoms with E-state index in [2.05, 4.69) is 21.0 Å². The Bertz CT molecular complexity index is 1170. The highest BCUT2D eigenvalue weighted by molar-refractivity contribution is 5.99. The molecule has 1 aliphatic heterocycles. The number of rotatable bonds is 3. The highest BCUT2D eigenvalue weighted by Gasteiger charge is 2.23. The topological polar surface area (TPSA) is 71.0 Å². The summed E-state index contributed by atoms with van der Waals surface area (Å²) in [5.41, 5.74) is 2.77. The average molecular weight is 429 g/mol. The van der Waals surface area contributed by atoms with Crippen LogP contribution >= 0.6 is 0 Å². The second-order valence-electron chi connectivity index (χ2n) is 8.42. The van der Waals surface area contributed by atoms with Gasteiger partial charge in [-0.05, 0) is 30.2 Å². The number of hydrogen-bond acceptors (Lipinski definition) is 3. The van der Waals surface area contributed by atoms with E-state index < -0.39 is 29.2 Å². The number of carbonyl (C=O) groups excluding carboxylic acids is 1. The number of urea groups is 1. The number of anilines is 3. The van der Waals surface area contributed by atoms with Crippen molar-refractivity contribution in [1.82, 2.24) is 9.78 Å². The lowest BCUT2D eigenvalue weighted by atomic mass is 9.92. The van der Waals surface area contributed by atoms with E-state index in [0.717, 1.165) is 35.6 Å². The van der Waals surface area contributed by atoms with Crippen LogP contribution in [-0.4, -0.2) is 22.4 Å². The molecule has 31 heavy (non-hydrogen) atoms. The molecule has 3 aromatic rings. The minimum absolute atomic E-state index is 0.297. The summed E-state index contributed by atoms with van der Waals surface area (Å²) in [6.45, 7) is 6.82. The van der Waals surface area contributed by atoms with Gasteiger partial charge in [-0.3, -0.25) is 5.32 Å². The van der Waals surface area contributed by atoms with Crippen molar-refractivity contribution >= 4 is 23.2 Å². The lowest BCUT2D eigenvalue weighted by Gasteiger charge is -2.14. The van der Waals surface area contributed by atoms with Gasteiger partial charge in [0, 0.05) is 35.8 Å². The maximum Gasteiger partial charge on any atom is 0.324 e. The molecule has 2 amide bonds. The predicted octanol–water partition coefficient (Wildman–Crippen LogP) is 5.20.